The Bertz CT molecular complexity index is 108. The minimum atomic E-state index is 1.66. The normalized spacial score (nSPS) is 16.0. The van der Waals surface area contributed by atoms with Crippen molar-refractivity contribution in [1.29, 1.82) is 0 Å². The molecular weight excluding hydrogens is 88.1 g/mol. The van der Waals surface area contributed by atoms with Crippen LogP contribution in [0.4, 0.5) is 0 Å². The summed E-state index contributed by atoms with van der Waals surface area (Å²) < 4.78 is 0. The van der Waals surface area contributed by atoms with Gasteiger partial charge in [-0.2, -0.15) is 0 Å². The molecule has 35 valence electrons. The van der Waals surface area contributed by atoms with Crippen molar-refractivity contribution >= 4 is 6.34 Å². The van der Waals surface area contributed by atoms with Crippen LogP contribution in [0.15, 0.2) is 29.5 Å². The Kier molecular flexibility index (Phi) is 1.28. The first kappa shape index (κ1) is 4.12. The van der Waals surface area contributed by atoms with Crippen LogP contribution in [0, 0.1) is 0 Å². The Hall–Kier alpha value is -1.05. The highest BCUT2D eigenvalue weighted by molar-refractivity contribution is 5.57. The first-order valence-electron chi connectivity index (χ1n) is 2.02. The van der Waals surface area contributed by atoms with Crippen LogP contribution in [0.5, 0.6) is 0 Å². The zero-order chi connectivity index (χ0) is 4.95. The second-order valence-electron chi connectivity index (χ2n) is 1.09. The van der Waals surface area contributed by atoms with Crippen LogP contribution in [0.1, 0.15) is 0 Å². The molecule has 0 saturated carbocycles. The molecule has 0 amide bonds. The number of hydrogen-bond donors (Lipinski definition) is 1. The van der Waals surface area contributed by atoms with Crippen molar-refractivity contribution in [2.45, 2.75) is 0 Å². The number of allylic oxidation sites excluding steroid dienone is 2. The van der Waals surface area contributed by atoms with Crippen LogP contribution in [0.3, 0.4) is 0 Å². The van der Waals surface area contributed by atoms with Gasteiger partial charge in [0.15, 0.2) is 6.34 Å². The number of hydrogen-bond acceptors (Lipinski definition) is 2. The average Bonchev–Trinajstić information content (AvgIpc) is 1.90. The van der Waals surface area contributed by atoms with Gasteiger partial charge in [0.05, 0.1) is 0 Å². The molecule has 2 nitrogen and oxygen atoms in total. The van der Waals surface area contributed by atoms with E-state index < -0.39 is 0 Å². The molecule has 0 aromatic rings. The second kappa shape index (κ2) is 2.18. The minimum Gasteiger partial charge on any atom is -0.344 e. The van der Waals surface area contributed by atoms with Crippen molar-refractivity contribution in [1.82, 2.24) is 5.32 Å². The Morgan fingerprint density at radius 3 is 3.43 bits per heavy atom. The molecule has 1 rings (SSSR count). The molecule has 0 spiro atoms. The van der Waals surface area contributed by atoms with Crippen LogP contribution in [0.2, 0.25) is 0 Å². The van der Waals surface area contributed by atoms with Gasteiger partial charge in [0.25, 0.3) is 0 Å². The topological polar surface area (TPSA) is 24.4 Å². The van der Waals surface area contributed by atoms with Gasteiger partial charge in [0.1, 0.15) is 0 Å². The minimum absolute atomic E-state index is 1.66. The predicted molar refractivity (Wildman–Crippen MR) is 28.9 cm³/mol. The molecule has 0 saturated heterocycles. The van der Waals surface area contributed by atoms with Gasteiger partial charge in [-0.15, -0.1) is 0 Å². The Labute approximate surface area is 42.3 Å². The fraction of sp³-hybridized carbons (Fsp3) is 0. The third-order valence-electron chi connectivity index (χ3n) is 0.580. The van der Waals surface area contributed by atoms with Gasteiger partial charge in [0.2, 0.25) is 0 Å². The lowest BCUT2D eigenvalue weighted by atomic mass is 10.6. The van der Waals surface area contributed by atoms with E-state index in [4.69, 9.17) is 0 Å². The molecule has 0 aromatic heterocycles. The van der Waals surface area contributed by atoms with Crippen LogP contribution < -0.4 is 5.32 Å². The summed E-state index contributed by atoms with van der Waals surface area (Å²) in [5.74, 6) is 0. The maximum Gasteiger partial charge on any atom is 0.173 e. The molecule has 1 radical (unpaired) electrons. The monoisotopic (exact) mass is 93.0 g/mol. The molecule has 0 aromatic carbocycles. The van der Waals surface area contributed by atoms with E-state index in [0.29, 0.717) is 0 Å². The van der Waals surface area contributed by atoms with Gasteiger partial charge >= 0.3 is 0 Å². The second-order valence-corrected chi connectivity index (χ2v) is 1.09. The zero-order valence-corrected chi connectivity index (χ0v) is 3.76. The first-order valence-corrected chi connectivity index (χ1v) is 2.02. The Morgan fingerprint density at radius 2 is 2.43 bits per heavy atom. The van der Waals surface area contributed by atoms with E-state index in [9.17, 15) is 0 Å². The van der Waals surface area contributed by atoms with Gasteiger partial charge in [-0.1, -0.05) is 0 Å². The van der Waals surface area contributed by atoms with Gasteiger partial charge in [-0.05, 0) is 12.2 Å². The van der Waals surface area contributed by atoms with Gasteiger partial charge < -0.3 is 5.32 Å². The number of nitrogens with zero attached hydrogens (tertiary/aromatic N) is 1. The lowest BCUT2D eigenvalue weighted by Gasteiger charge is -1.75. The Balaban J connectivity index is 2.60. The standard InChI is InChI=1S/C5H5N2/c1-2-4-7-5-6-3-1/h1-4H,(H,6,7). The van der Waals surface area contributed by atoms with Gasteiger partial charge in [0, 0.05) is 12.4 Å². The summed E-state index contributed by atoms with van der Waals surface area (Å²) in [5.41, 5.74) is 0. The summed E-state index contributed by atoms with van der Waals surface area (Å²) in [6, 6.07) is 0. The summed E-state index contributed by atoms with van der Waals surface area (Å²) >= 11 is 0. The van der Waals surface area contributed by atoms with Gasteiger partial charge in [-0.3, -0.25) is 0 Å². The number of nitrogens with one attached hydrogen (secondary N) is 1. The van der Waals surface area contributed by atoms with Gasteiger partial charge in [-0.25, -0.2) is 4.99 Å². The predicted octanol–water partition coefficient (Wildman–Crippen LogP) is 0.522. The smallest absolute Gasteiger partial charge is 0.173 e. The van der Waals surface area contributed by atoms with E-state index in [1.54, 1.807) is 12.4 Å². The van der Waals surface area contributed by atoms with Crippen molar-refractivity contribution in [2.24, 2.45) is 4.99 Å². The van der Waals surface area contributed by atoms with Crippen LogP contribution in [-0.2, 0) is 0 Å². The molecule has 0 unspecified atom stereocenters. The van der Waals surface area contributed by atoms with Crippen molar-refractivity contribution in [3.05, 3.63) is 24.6 Å². The third kappa shape index (κ3) is 1.22. The first-order chi connectivity index (χ1) is 3.50. The van der Waals surface area contributed by atoms with Crippen molar-refractivity contribution in [2.75, 3.05) is 0 Å². The molecular formula is C5H5N2. The van der Waals surface area contributed by atoms with Crippen molar-refractivity contribution in [3.63, 3.8) is 0 Å². The van der Waals surface area contributed by atoms with Crippen LogP contribution in [0.25, 0.3) is 0 Å². The molecule has 1 aliphatic rings. The van der Waals surface area contributed by atoms with E-state index in [0.717, 1.165) is 0 Å². The summed E-state index contributed by atoms with van der Waals surface area (Å²) in [6.45, 7) is 0. The highest BCUT2D eigenvalue weighted by Gasteiger charge is 1.69. The van der Waals surface area contributed by atoms with Crippen LogP contribution >= 0.6 is 0 Å². The van der Waals surface area contributed by atoms with E-state index in [1.807, 2.05) is 12.2 Å². The number of aliphatic imine (C=N–C) groups is 1. The van der Waals surface area contributed by atoms with E-state index in [-0.39, 0.29) is 0 Å². The zero-order valence-electron chi connectivity index (χ0n) is 3.76. The van der Waals surface area contributed by atoms with E-state index in [1.165, 1.54) is 0 Å². The number of rotatable bonds is 0. The highest BCUT2D eigenvalue weighted by atomic mass is 14.9. The molecule has 0 atom stereocenters. The molecule has 1 heterocycles. The van der Waals surface area contributed by atoms with Crippen molar-refractivity contribution in [3.8, 4) is 0 Å². The summed E-state index contributed by atoms with van der Waals surface area (Å²) in [4.78, 5) is 3.67. The fourth-order valence-electron chi connectivity index (χ4n) is 0.308. The largest absolute Gasteiger partial charge is 0.344 e. The molecule has 0 fully saturated rings. The lowest BCUT2D eigenvalue weighted by Crippen LogP contribution is -1.96. The van der Waals surface area contributed by atoms with E-state index >= 15 is 0 Å². The summed E-state index contributed by atoms with van der Waals surface area (Å²) in [6.07, 6.45) is 9.65. The van der Waals surface area contributed by atoms with E-state index in [2.05, 4.69) is 16.6 Å². The maximum absolute atomic E-state index is 3.67. The average molecular weight is 93.1 g/mol. The summed E-state index contributed by atoms with van der Waals surface area (Å²) in [7, 11) is 0. The molecule has 7 heavy (non-hydrogen) atoms. The molecule has 0 bridgehead atoms. The molecule has 0 aliphatic carbocycles. The third-order valence-corrected chi connectivity index (χ3v) is 0.580. The lowest BCUT2D eigenvalue weighted by molar-refractivity contribution is 1.32. The summed E-state index contributed by atoms with van der Waals surface area (Å²) in [5, 5.41) is 2.69. The maximum atomic E-state index is 3.67. The van der Waals surface area contributed by atoms with Crippen LogP contribution in [-0.4, -0.2) is 6.34 Å². The SMILES string of the molecule is [C]1=NC=CC=CN1. The molecule has 2 heteroatoms. The molecule has 1 N–H and O–H groups in total. The quantitative estimate of drug-likeness (QED) is 0.464. The molecule has 1 aliphatic heterocycles. The fourth-order valence-corrected chi connectivity index (χ4v) is 0.308. The van der Waals surface area contributed by atoms with Crippen molar-refractivity contribution < 1.29 is 0 Å². The Morgan fingerprint density at radius 1 is 1.43 bits per heavy atom. The highest BCUT2D eigenvalue weighted by Crippen LogP contribution is 1.77.